The minimum absolute atomic E-state index is 0.125. The molecule has 0 aliphatic carbocycles. The van der Waals surface area contributed by atoms with Gasteiger partial charge >= 0.3 is 5.82 Å². The Kier molecular flexibility index (Phi) is 6.76. The number of likely N-dealkylation sites (N-methyl/N-ethyl adjacent to an activating group) is 1. The van der Waals surface area contributed by atoms with Crippen molar-refractivity contribution >= 4 is 17.5 Å². The number of pyridine rings is 1. The van der Waals surface area contributed by atoms with Crippen molar-refractivity contribution in [2.75, 3.05) is 37.6 Å². The number of imidazole rings is 1. The summed E-state index contributed by atoms with van der Waals surface area (Å²) in [5.41, 5.74) is 0.934. The van der Waals surface area contributed by atoms with Gasteiger partial charge < -0.3 is 29.8 Å². The number of anilines is 1. The molecule has 3 rings (SSSR count). The second-order valence-electron chi connectivity index (χ2n) is 7.07. The van der Waals surface area contributed by atoms with Crippen LogP contribution in [0.2, 0.25) is 0 Å². The number of aryl methyl sites for hydroxylation is 2. The number of nitrogens with one attached hydrogen (secondary N) is 1. The predicted octanol–water partition coefficient (Wildman–Crippen LogP) is 1.34. The summed E-state index contributed by atoms with van der Waals surface area (Å²) in [4.78, 5) is 35.4. The first-order chi connectivity index (χ1) is 14.0. The highest BCUT2D eigenvalue weighted by Crippen LogP contribution is 2.14. The number of aromatic nitrogens is 3. The monoisotopic (exact) mass is 401 g/mol. The SMILES string of the molecule is CCN1CCN(c2ccc(CNC(=O)CCn3cc([N+](=O)[O-])nc3C)cn2)CC1. The molecular weight excluding hydrogens is 374 g/mol. The zero-order valence-corrected chi connectivity index (χ0v) is 16.9. The number of nitro groups is 1. The minimum atomic E-state index is -0.538. The standard InChI is InChI=1S/C19H27N7O3/c1-3-23-8-10-24(11-9-23)17-5-4-16(12-20-17)13-21-19(27)6-7-25-14-18(26(28)29)22-15(25)2/h4-5,12,14H,3,6-11,13H2,1-2H3,(H,21,27). The molecule has 2 aromatic rings. The van der Waals surface area contributed by atoms with Crippen LogP contribution in [-0.4, -0.2) is 63.0 Å². The van der Waals surface area contributed by atoms with Crippen molar-refractivity contribution in [2.45, 2.75) is 33.4 Å². The molecule has 2 aromatic heterocycles. The first-order valence-electron chi connectivity index (χ1n) is 9.83. The van der Waals surface area contributed by atoms with E-state index in [0.29, 0.717) is 18.9 Å². The van der Waals surface area contributed by atoms with Crippen LogP contribution >= 0.6 is 0 Å². The number of piperazine rings is 1. The van der Waals surface area contributed by atoms with Crippen molar-refractivity contribution in [1.82, 2.24) is 24.8 Å². The van der Waals surface area contributed by atoms with Gasteiger partial charge in [-0.05, 0) is 28.1 Å². The Labute approximate surface area is 169 Å². The van der Waals surface area contributed by atoms with Crippen molar-refractivity contribution < 1.29 is 9.72 Å². The third-order valence-corrected chi connectivity index (χ3v) is 5.17. The van der Waals surface area contributed by atoms with Crippen LogP contribution < -0.4 is 10.2 Å². The van der Waals surface area contributed by atoms with Crippen LogP contribution in [0.5, 0.6) is 0 Å². The quantitative estimate of drug-likeness (QED) is 0.525. The zero-order valence-electron chi connectivity index (χ0n) is 16.9. The van der Waals surface area contributed by atoms with Crippen LogP contribution in [-0.2, 0) is 17.9 Å². The topological polar surface area (TPSA) is 109 Å². The Bertz CT molecular complexity index is 842. The molecule has 0 bridgehead atoms. The third kappa shape index (κ3) is 5.50. The van der Waals surface area contributed by atoms with E-state index in [2.05, 4.69) is 32.0 Å². The van der Waals surface area contributed by atoms with Crippen molar-refractivity contribution in [1.29, 1.82) is 0 Å². The lowest BCUT2D eigenvalue weighted by Crippen LogP contribution is -2.46. The van der Waals surface area contributed by atoms with Gasteiger partial charge in [-0.25, -0.2) is 4.98 Å². The summed E-state index contributed by atoms with van der Waals surface area (Å²) in [6, 6.07) is 3.98. The first kappa shape index (κ1) is 20.7. The van der Waals surface area contributed by atoms with Gasteiger partial charge in [-0.2, -0.15) is 0 Å². The van der Waals surface area contributed by atoms with Crippen LogP contribution in [0.15, 0.2) is 24.5 Å². The van der Waals surface area contributed by atoms with Gasteiger partial charge in [-0.1, -0.05) is 13.0 Å². The van der Waals surface area contributed by atoms with Crippen molar-refractivity contribution in [3.05, 3.63) is 46.0 Å². The summed E-state index contributed by atoms with van der Waals surface area (Å²) in [5, 5.41) is 13.6. The molecule has 0 saturated carbocycles. The molecule has 1 fully saturated rings. The van der Waals surface area contributed by atoms with E-state index >= 15 is 0 Å². The molecular formula is C19H27N7O3. The molecule has 0 aromatic carbocycles. The van der Waals surface area contributed by atoms with E-state index in [1.54, 1.807) is 17.7 Å². The second kappa shape index (κ2) is 9.46. The first-order valence-corrected chi connectivity index (χ1v) is 9.83. The summed E-state index contributed by atoms with van der Waals surface area (Å²) < 4.78 is 1.62. The third-order valence-electron chi connectivity index (χ3n) is 5.17. The fourth-order valence-electron chi connectivity index (χ4n) is 3.32. The van der Waals surface area contributed by atoms with Gasteiger partial charge in [0.15, 0.2) is 0 Å². The average Bonchev–Trinajstić information content (AvgIpc) is 3.12. The Balaban J connectivity index is 1.44. The molecule has 1 aliphatic heterocycles. The molecule has 10 nitrogen and oxygen atoms in total. The summed E-state index contributed by atoms with van der Waals surface area (Å²) in [7, 11) is 0. The van der Waals surface area contributed by atoms with Gasteiger partial charge in [-0.15, -0.1) is 0 Å². The van der Waals surface area contributed by atoms with E-state index in [4.69, 9.17) is 0 Å². The molecule has 156 valence electrons. The summed E-state index contributed by atoms with van der Waals surface area (Å²) in [5.74, 6) is 1.16. The number of rotatable bonds is 8. The Morgan fingerprint density at radius 3 is 2.62 bits per heavy atom. The highest BCUT2D eigenvalue weighted by Gasteiger charge is 2.17. The van der Waals surface area contributed by atoms with Gasteiger partial charge in [0.1, 0.15) is 12.0 Å². The minimum Gasteiger partial charge on any atom is -0.358 e. The molecule has 10 heteroatoms. The highest BCUT2D eigenvalue weighted by atomic mass is 16.6. The van der Waals surface area contributed by atoms with Gasteiger partial charge in [0, 0.05) is 58.8 Å². The maximum atomic E-state index is 12.1. The van der Waals surface area contributed by atoms with Crippen LogP contribution in [0.3, 0.4) is 0 Å². The molecule has 1 amide bonds. The molecule has 3 heterocycles. The van der Waals surface area contributed by atoms with Crippen molar-refractivity contribution in [2.24, 2.45) is 0 Å². The van der Waals surface area contributed by atoms with Crippen LogP contribution in [0.1, 0.15) is 24.7 Å². The van der Waals surface area contributed by atoms with E-state index in [1.807, 2.05) is 12.1 Å². The molecule has 1 aliphatic rings. The molecule has 29 heavy (non-hydrogen) atoms. The summed E-state index contributed by atoms with van der Waals surface area (Å²) in [6.07, 6.45) is 3.37. The fourth-order valence-corrected chi connectivity index (χ4v) is 3.32. The number of hydrogen-bond acceptors (Lipinski definition) is 7. The van der Waals surface area contributed by atoms with Gasteiger partial charge in [0.25, 0.3) is 0 Å². The number of amides is 1. The highest BCUT2D eigenvalue weighted by molar-refractivity contribution is 5.75. The summed E-state index contributed by atoms with van der Waals surface area (Å²) in [6.45, 7) is 9.74. The number of nitrogens with zero attached hydrogens (tertiary/aromatic N) is 6. The zero-order chi connectivity index (χ0) is 20.8. The molecule has 0 spiro atoms. The maximum absolute atomic E-state index is 12.1. The Hall–Kier alpha value is -3.01. The molecule has 1 saturated heterocycles. The van der Waals surface area contributed by atoms with Crippen molar-refractivity contribution in [3.8, 4) is 0 Å². The van der Waals surface area contributed by atoms with E-state index in [1.165, 1.54) is 6.20 Å². The Morgan fingerprint density at radius 1 is 1.28 bits per heavy atom. The van der Waals surface area contributed by atoms with E-state index < -0.39 is 4.92 Å². The van der Waals surface area contributed by atoms with Crippen LogP contribution in [0, 0.1) is 17.0 Å². The normalized spacial score (nSPS) is 14.8. The van der Waals surface area contributed by atoms with Gasteiger partial charge in [-0.3, -0.25) is 4.79 Å². The van der Waals surface area contributed by atoms with Gasteiger partial charge in [0.05, 0.1) is 0 Å². The van der Waals surface area contributed by atoms with Crippen molar-refractivity contribution in [3.63, 3.8) is 0 Å². The fraction of sp³-hybridized carbons (Fsp3) is 0.526. The number of hydrogen-bond donors (Lipinski definition) is 1. The van der Waals surface area contributed by atoms with E-state index in [9.17, 15) is 14.9 Å². The molecule has 0 atom stereocenters. The molecule has 0 unspecified atom stereocenters. The van der Waals surface area contributed by atoms with E-state index in [0.717, 1.165) is 44.1 Å². The summed E-state index contributed by atoms with van der Waals surface area (Å²) >= 11 is 0. The van der Waals surface area contributed by atoms with E-state index in [-0.39, 0.29) is 18.1 Å². The molecule has 1 N–H and O–H groups in total. The Morgan fingerprint density at radius 2 is 2.03 bits per heavy atom. The smallest absolute Gasteiger partial charge is 0.358 e. The average molecular weight is 401 g/mol. The molecule has 0 radical (unpaired) electrons. The number of carbonyl (C=O) groups is 1. The lowest BCUT2D eigenvalue weighted by Gasteiger charge is -2.34. The van der Waals surface area contributed by atoms with Crippen LogP contribution in [0.4, 0.5) is 11.6 Å². The maximum Gasteiger partial charge on any atom is 0.381 e. The predicted molar refractivity (Wildman–Crippen MR) is 109 cm³/mol. The lowest BCUT2D eigenvalue weighted by molar-refractivity contribution is -0.389. The largest absolute Gasteiger partial charge is 0.381 e. The van der Waals surface area contributed by atoms with Gasteiger partial charge in [0.2, 0.25) is 11.7 Å². The number of carbonyl (C=O) groups excluding carboxylic acids is 1. The lowest BCUT2D eigenvalue weighted by atomic mass is 10.2. The second-order valence-corrected chi connectivity index (χ2v) is 7.07. The van der Waals surface area contributed by atoms with Crippen LogP contribution in [0.25, 0.3) is 0 Å².